The van der Waals surface area contributed by atoms with E-state index in [9.17, 15) is 0 Å². The molecule has 0 unspecified atom stereocenters. The standard InChI is InChI=1S/C13H20ClN3O/c1-8(2)18-7-6-15-12-9(3)11(14)16-13(17-12)10-4-5-10/h8,10H,4-7H2,1-3H3,(H,15,16,17). The number of ether oxygens (including phenoxy) is 1. The molecular formula is C13H20ClN3O. The molecule has 4 nitrogen and oxygen atoms in total. The minimum atomic E-state index is 0.254. The van der Waals surface area contributed by atoms with Crippen molar-refractivity contribution in [3.05, 3.63) is 16.5 Å². The fourth-order valence-electron chi connectivity index (χ4n) is 1.67. The molecule has 1 aromatic heterocycles. The van der Waals surface area contributed by atoms with Crippen LogP contribution in [0.15, 0.2) is 0 Å². The smallest absolute Gasteiger partial charge is 0.137 e. The number of aromatic nitrogens is 2. The predicted molar refractivity (Wildman–Crippen MR) is 73.3 cm³/mol. The van der Waals surface area contributed by atoms with Crippen molar-refractivity contribution in [2.24, 2.45) is 0 Å². The molecule has 5 heteroatoms. The first kappa shape index (κ1) is 13.6. The number of nitrogens with zero attached hydrogens (tertiary/aromatic N) is 2. The predicted octanol–water partition coefficient (Wildman–Crippen LogP) is 3.15. The molecule has 1 N–H and O–H groups in total. The third kappa shape index (κ3) is 3.56. The molecule has 0 aliphatic heterocycles. The first-order valence-corrected chi connectivity index (χ1v) is 6.85. The third-order valence-electron chi connectivity index (χ3n) is 2.89. The van der Waals surface area contributed by atoms with Crippen molar-refractivity contribution in [2.75, 3.05) is 18.5 Å². The summed E-state index contributed by atoms with van der Waals surface area (Å²) in [4.78, 5) is 8.88. The van der Waals surface area contributed by atoms with Crippen molar-refractivity contribution in [3.63, 3.8) is 0 Å². The van der Waals surface area contributed by atoms with Gasteiger partial charge in [0.15, 0.2) is 0 Å². The van der Waals surface area contributed by atoms with Crippen LogP contribution in [0.5, 0.6) is 0 Å². The third-order valence-corrected chi connectivity index (χ3v) is 3.26. The number of rotatable bonds is 6. The van der Waals surface area contributed by atoms with Gasteiger partial charge in [0, 0.05) is 18.0 Å². The van der Waals surface area contributed by atoms with Crippen molar-refractivity contribution in [1.29, 1.82) is 0 Å². The van der Waals surface area contributed by atoms with Crippen LogP contribution >= 0.6 is 11.6 Å². The lowest BCUT2D eigenvalue weighted by molar-refractivity contribution is 0.0870. The number of hydrogen-bond donors (Lipinski definition) is 1. The first-order chi connectivity index (χ1) is 8.58. The first-order valence-electron chi connectivity index (χ1n) is 6.47. The SMILES string of the molecule is Cc1c(Cl)nc(C2CC2)nc1NCCOC(C)C. The van der Waals surface area contributed by atoms with E-state index in [0.29, 0.717) is 17.7 Å². The lowest BCUT2D eigenvalue weighted by Gasteiger charge is -2.12. The number of halogens is 1. The lowest BCUT2D eigenvalue weighted by Crippen LogP contribution is -2.15. The molecule has 1 aliphatic carbocycles. The van der Waals surface area contributed by atoms with Gasteiger partial charge in [0.2, 0.25) is 0 Å². The highest BCUT2D eigenvalue weighted by molar-refractivity contribution is 6.30. The van der Waals surface area contributed by atoms with Gasteiger partial charge in [-0.25, -0.2) is 9.97 Å². The second-order valence-corrected chi connectivity index (χ2v) is 5.32. The van der Waals surface area contributed by atoms with E-state index in [2.05, 4.69) is 15.3 Å². The van der Waals surface area contributed by atoms with Gasteiger partial charge in [0.1, 0.15) is 16.8 Å². The molecule has 1 heterocycles. The molecule has 1 aromatic rings. The summed E-state index contributed by atoms with van der Waals surface area (Å²) in [6.45, 7) is 7.38. The highest BCUT2D eigenvalue weighted by Crippen LogP contribution is 2.39. The van der Waals surface area contributed by atoms with Gasteiger partial charge in [-0.1, -0.05) is 11.6 Å². The molecule has 0 amide bonds. The second-order valence-electron chi connectivity index (χ2n) is 4.97. The van der Waals surface area contributed by atoms with Gasteiger partial charge < -0.3 is 10.1 Å². The molecule has 18 heavy (non-hydrogen) atoms. The van der Waals surface area contributed by atoms with Gasteiger partial charge in [-0.05, 0) is 33.6 Å². The summed E-state index contributed by atoms with van der Waals surface area (Å²) in [5.41, 5.74) is 0.908. The van der Waals surface area contributed by atoms with E-state index in [-0.39, 0.29) is 6.10 Å². The highest BCUT2D eigenvalue weighted by Gasteiger charge is 2.27. The monoisotopic (exact) mass is 269 g/mol. The summed E-state index contributed by atoms with van der Waals surface area (Å²) in [6.07, 6.45) is 2.61. The zero-order valence-corrected chi connectivity index (χ0v) is 11.9. The van der Waals surface area contributed by atoms with E-state index in [4.69, 9.17) is 16.3 Å². The van der Waals surface area contributed by atoms with E-state index in [0.717, 1.165) is 23.8 Å². The second kappa shape index (κ2) is 5.85. The molecule has 0 radical (unpaired) electrons. The van der Waals surface area contributed by atoms with Crippen LogP contribution in [-0.2, 0) is 4.74 Å². The average molecular weight is 270 g/mol. The quantitative estimate of drug-likeness (QED) is 0.637. The Balaban J connectivity index is 1.97. The number of hydrogen-bond acceptors (Lipinski definition) is 4. The van der Waals surface area contributed by atoms with Crippen LogP contribution in [0.2, 0.25) is 5.15 Å². The molecule has 0 spiro atoms. The van der Waals surface area contributed by atoms with Crippen molar-refractivity contribution >= 4 is 17.4 Å². The fourth-order valence-corrected chi connectivity index (χ4v) is 1.84. The Kier molecular flexibility index (Phi) is 4.40. The van der Waals surface area contributed by atoms with E-state index in [1.54, 1.807) is 0 Å². The van der Waals surface area contributed by atoms with Crippen LogP contribution in [0.3, 0.4) is 0 Å². The molecular weight excluding hydrogens is 250 g/mol. The normalized spacial score (nSPS) is 15.2. The average Bonchev–Trinajstić information content (AvgIpc) is 3.13. The zero-order valence-electron chi connectivity index (χ0n) is 11.2. The molecule has 2 rings (SSSR count). The highest BCUT2D eigenvalue weighted by atomic mass is 35.5. The summed E-state index contributed by atoms with van der Waals surface area (Å²) >= 11 is 6.13. The topological polar surface area (TPSA) is 47.0 Å². The minimum absolute atomic E-state index is 0.254. The van der Waals surface area contributed by atoms with E-state index >= 15 is 0 Å². The Bertz CT molecular complexity index is 419. The summed E-state index contributed by atoms with van der Waals surface area (Å²) in [5, 5.41) is 3.83. The van der Waals surface area contributed by atoms with Gasteiger partial charge >= 0.3 is 0 Å². The Morgan fingerprint density at radius 2 is 2.11 bits per heavy atom. The maximum Gasteiger partial charge on any atom is 0.137 e. The van der Waals surface area contributed by atoms with Crippen LogP contribution in [0.25, 0.3) is 0 Å². The Morgan fingerprint density at radius 1 is 1.39 bits per heavy atom. The minimum Gasteiger partial charge on any atom is -0.377 e. The van der Waals surface area contributed by atoms with Crippen molar-refractivity contribution in [1.82, 2.24) is 9.97 Å². The molecule has 1 aliphatic rings. The van der Waals surface area contributed by atoms with Gasteiger partial charge in [-0.2, -0.15) is 0 Å². The zero-order chi connectivity index (χ0) is 13.1. The molecule has 1 fully saturated rings. The molecule has 0 aromatic carbocycles. The Labute approximate surface area is 113 Å². The van der Waals surface area contributed by atoms with Crippen molar-refractivity contribution in [3.8, 4) is 0 Å². The van der Waals surface area contributed by atoms with Crippen LogP contribution in [0.1, 0.15) is 44.0 Å². The summed E-state index contributed by atoms with van der Waals surface area (Å²) in [5.74, 6) is 2.22. The van der Waals surface area contributed by atoms with E-state index in [1.807, 2.05) is 20.8 Å². The van der Waals surface area contributed by atoms with Gasteiger partial charge in [-0.15, -0.1) is 0 Å². The van der Waals surface area contributed by atoms with E-state index in [1.165, 1.54) is 12.8 Å². The summed E-state index contributed by atoms with van der Waals surface area (Å²) in [7, 11) is 0. The van der Waals surface area contributed by atoms with Gasteiger partial charge in [-0.3, -0.25) is 0 Å². The summed E-state index contributed by atoms with van der Waals surface area (Å²) < 4.78 is 5.48. The van der Waals surface area contributed by atoms with Crippen LogP contribution in [0, 0.1) is 6.92 Å². The van der Waals surface area contributed by atoms with E-state index < -0.39 is 0 Å². The molecule has 1 saturated carbocycles. The van der Waals surface area contributed by atoms with Crippen LogP contribution < -0.4 is 5.32 Å². The summed E-state index contributed by atoms with van der Waals surface area (Å²) in [6, 6.07) is 0. The largest absolute Gasteiger partial charge is 0.377 e. The molecule has 0 atom stereocenters. The number of nitrogens with one attached hydrogen (secondary N) is 1. The lowest BCUT2D eigenvalue weighted by atomic mass is 10.3. The van der Waals surface area contributed by atoms with Crippen LogP contribution in [-0.4, -0.2) is 29.2 Å². The number of anilines is 1. The maximum atomic E-state index is 6.13. The Hall–Kier alpha value is -0.870. The van der Waals surface area contributed by atoms with Crippen molar-refractivity contribution in [2.45, 2.75) is 45.6 Å². The maximum absolute atomic E-state index is 6.13. The van der Waals surface area contributed by atoms with Gasteiger partial charge in [0.05, 0.1) is 12.7 Å². The fraction of sp³-hybridized carbons (Fsp3) is 0.692. The van der Waals surface area contributed by atoms with Gasteiger partial charge in [0.25, 0.3) is 0 Å². The van der Waals surface area contributed by atoms with Crippen molar-refractivity contribution < 1.29 is 4.74 Å². The molecule has 0 saturated heterocycles. The Morgan fingerprint density at radius 3 is 2.72 bits per heavy atom. The van der Waals surface area contributed by atoms with Crippen LogP contribution in [0.4, 0.5) is 5.82 Å². The molecule has 0 bridgehead atoms. The molecule has 100 valence electrons.